The Morgan fingerprint density at radius 2 is 2.12 bits per heavy atom. The van der Waals surface area contributed by atoms with Crippen LogP contribution in [0.2, 0.25) is 0 Å². The molecule has 1 aliphatic rings. The molecule has 0 bridgehead atoms. The van der Waals surface area contributed by atoms with Gasteiger partial charge in [-0.3, -0.25) is 0 Å². The van der Waals surface area contributed by atoms with Gasteiger partial charge in [-0.1, -0.05) is 6.92 Å². The Kier molecular flexibility index (Phi) is 5.36. The van der Waals surface area contributed by atoms with Gasteiger partial charge in [0.05, 0.1) is 13.2 Å². The van der Waals surface area contributed by atoms with Gasteiger partial charge in [0.1, 0.15) is 18.3 Å². The van der Waals surface area contributed by atoms with Crippen molar-refractivity contribution in [3.05, 3.63) is 0 Å². The molecule has 0 radical (unpaired) electrons. The van der Waals surface area contributed by atoms with E-state index in [0.717, 1.165) is 6.42 Å². The molecule has 0 amide bonds. The van der Waals surface area contributed by atoms with Gasteiger partial charge < -0.3 is 30.1 Å². The maximum Gasteiger partial charge on any atom is 0.258 e. The Bertz CT molecular complexity index is 240. The zero-order chi connectivity index (χ0) is 12.1. The van der Waals surface area contributed by atoms with Crippen LogP contribution in [0.1, 0.15) is 13.3 Å². The summed E-state index contributed by atoms with van der Waals surface area (Å²) in [5.74, 6) is 0. The van der Waals surface area contributed by atoms with E-state index in [0.29, 0.717) is 6.61 Å². The highest BCUT2D eigenvalue weighted by Crippen LogP contribution is 2.13. The summed E-state index contributed by atoms with van der Waals surface area (Å²) < 4.78 is 10.2. The zero-order valence-electron chi connectivity index (χ0n) is 9.00. The number of rotatable bonds is 3. The van der Waals surface area contributed by atoms with E-state index >= 15 is 0 Å². The second kappa shape index (κ2) is 6.31. The van der Waals surface area contributed by atoms with Gasteiger partial charge in [-0.2, -0.15) is 0 Å². The Morgan fingerprint density at radius 1 is 1.44 bits per heavy atom. The minimum Gasteiger partial charge on any atom is -0.471 e. The third kappa shape index (κ3) is 3.53. The SMILES string of the molecule is CCCOC(=S)N[C@@H]1OC[C@H](O)[C@H](O)[C@H]1O. The first kappa shape index (κ1) is 13.6. The number of hydrogen-bond donors (Lipinski definition) is 4. The summed E-state index contributed by atoms with van der Waals surface area (Å²) in [6.07, 6.45) is -3.62. The number of thiocarbonyl (C=S) groups is 1. The lowest BCUT2D eigenvalue weighted by atomic mass is 10.0. The lowest BCUT2D eigenvalue weighted by Crippen LogP contribution is -2.58. The highest BCUT2D eigenvalue weighted by molar-refractivity contribution is 7.80. The lowest BCUT2D eigenvalue weighted by molar-refractivity contribution is -0.191. The van der Waals surface area contributed by atoms with E-state index < -0.39 is 24.5 Å². The fraction of sp³-hybridized carbons (Fsp3) is 0.889. The van der Waals surface area contributed by atoms with Gasteiger partial charge in [0.25, 0.3) is 5.17 Å². The van der Waals surface area contributed by atoms with Gasteiger partial charge in [-0.05, 0) is 18.6 Å². The molecule has 0 spiro atoms. The van der Waals surface area contributed by atoms with Crippen LogP contribution in [-0.4, -0.2) is 58.2 Å². The molecule has 1 saturated heterocycles. The summed E-state index contributed by atoms with van der Waals surface area (Å²) >= 11 is 4.85. The van der Waals surface area contributed by atoms with Crippen LogP contribution < -0.4 is 5.32 Å². The number of ether oxygens (including phenoxy) is 2. The molecule has 0 aromatic heterocycles. The normalized spacial score (nSPS) is 34.5. The van der Waals surface area contributed by atoms with Crippen LogP contribution in [0.25, 0.3) is 0 Å². The number of hydrogen-bond acceptors (Lipinski definition) is 6. The summed E-state index contributed by atoms with van der Waals surface area (Å²) in [5.41, 5.74) is 0. The molecule has 0 aliphatic carbocycles. The average molecular weight is 251 g/mol. The van der Waals surface area contributed by atoms with Crippen molar-refractivity contribution in [2.24, 2.45) is 0 Å². The lowest BCUT2D eigenvalue weighted by Gasteiger charge is -2.35. The summed E-state index contributed by atoms with van der Waals surface area (Å²) in [5, 5.41) is 30.9. The molecule has 1 rings (SSSR count). The highest BCUT2D eigenvalue weighted by Gasteiger charge is 2.37. The van der Waals surface area contributed by atoms with E-state index in [-0.39, 0.29) is 11.8 Å². The first-order valence-corrected chi connectivity index (χ1v) is 5.56. The molecule has 16 heavy (non-hydrogen) atoms. The van der Waals surface area contributed by atoms with Crippen LogP contribution in [0.15, 0.2) is 0 Å². The van der Waals surface area contributed by atoms with Gasteiger partial charge >= 0.3 is 0 Å². The Hall–Kier alpha value is -0.470. The topological polar surface area (TPSA) is 91.2 Å². The molecule has 94 valence electrons. The minimum absolute atomic E-state index is 0.0632. The van der Waals surface area contributed by atoms with Crippen molar-refractivity contribution >= 4 is 17.4 Å². The van der Waals surface area contributed by atoms with Crippen LogP contribution in [0.3, 0.4) is 0 Å². The van der Waals surface area contributed by atoms with Crippen molar-refractivity contribution in [1.29, 1.82) is 0 Å². The van der Waals surface area contributed by atoms with Gasteiger partial charge in [0.15, 0.2) is 6.23 Å². The second-order valence-electron chi connectivity index (χ2n) is 3.58. The van der Waals surface area contributed by atoms with Crippen molar-refractivity contribution in [2.45, 2.75) is 37.9 Å². The highest BCUT2D eigenvalue weighted by atomic mass is 32.1. The van der Waals surface area contributed by atoms with Crippen molar-refractivity contribution in [1.82, 2.24) is 5.32 Å². The molecule has 0 saturated carbocycles. The molecular formula is C9H17NO5S. The monoisotopic (exact) mass is 251 g/mol. The van der Waals surface area contributed by atoms with Crippen LogP contribution in [-0.2, 0) is 9.47 Å². The number of aliphatic hydroxyl groups is 3. The Morgan fingerprint density at radius 3 is 2.75 bits per heavy atom. The van der Waals surface area contributed by atoms with E-state index in [1.807, 2.05) is 6.92 Å². The minimum atomic E-state index is -1.25. The standard InChI is InChI=1S/C9H17NO5S/c1-2-3-14-9(16)10-8-7(13)6(12)5(11)4-15-8/h5-8,11-13H,2-4H2,1H3,(H,10,16)/t5-,6-,7+,8+/m0/s1. The fourth-order valence-corrected chi connectivity index (χ4v) is 1.49. The predicted octanol–water partition coefficient (Wildman–Crippen LogP) is -1.27. The van der Waals surface area contributed by atoms with Crippen LogP contribution >= 0.6 is 12.2 Å². The van der Waals surface area contributed by atoms with Gasteiger partial charge in [0.2, 0.25) is 0 Å². The Labute approximate surface area is 99.2 Å². The quantitative estimate of drug-likeness (QED) is 0.465. The maximum absolute atomic E-state index is 9.57. The molecule has 6 nitrogen and oxygen atoms in total. The molecule has 1 heterocycles. The molecule has 0 aromatic rings. The second-order valence-corrected chi connectivity index (χ2v) is 3.95. The maximum atomic E-state index is 9.57. The van der Waals surface area contributed by atoms with Crippen LogP contribution in [0.5, 0.6) is 0 Å². The molecule has 1 fully saturated rings. The molecule has 4 atom stereocenters. The predicted molar refractivity (Wildman–Crippen MR) is 59.7 cm³/mol. The first-order chi connectivity index (χ1) is 7.56. The summed E-state index contributed by atoms with van der Waals surface area (Å²) in [6, 6.07) is 0. The molecule has 0 aromatic carbocycles. The van der Waals surface area contributed by atoms with E-state index in [1.165, 1.54) is 0 Å². The van der Waals surface area contributed by atoms with Gasteiger partial charge in [0, 0.05) is 0 Å². The van der Waals surface area contributed by atoms with Crippen LogP contribution in [0, 0.1) is 0 Å². The molecule has 1 aliphatic heterocycles. The average Bonchev–Trinajstić information content (AvgIpc) is 2.27. The largest absolute Gasteiger partial charge is 0.471 e. The third-order valence-electron chi connectivity index (χ3n) is 2.20. The van der Waals surface area contributed by atoms with Crippen LogP contribution in [0.4, 0.5) is 0 Å². The smallest absolute Gasteiger partial charge is 0.258 e. The van der Waals surface area contributed by atoms with E-state index in [9.17, 15) is 15.3 Å². The van der Waals surface area contributed by atoms with Crippen molar-refractivity contribution in [3.8, 4) is 0 Å². The van der Waals surface area contributed by atoms with Crippen molar-refractivity contribution in [3.63, 3.8) is 0 Å². The molecule has 0 unspecified atom stereocenters. The summed E-state index contributed by atoms with van der Waals surface area (Å²) in [7, 11) is 0. The third-order valence-corrected chi connectivity index (χ3v) is 2.43. The molecular weight excluding hydrogens is 234 g/mol. The molecule has 4 N–H and O–H groups in total. The van der Waals surface area contributed by atoms with Gasteiger partial charge in [-0.25, -0.2) is 0 Å². The number of aliphatic hydroxyl groups excluding tert-OH is 3. The van der Waals surface area contributed by atoms with Crippen molar-refractivity contribution in [2.75, 3.05) is 13.2 Å². The summed E-state index contributed by atoms with van der Waals surface area (Å²) in [6.45, 7) is 2.35. The van der Waals surface area contributed by atoms with Gasteiger partial charge in [-0.15, -0.1) is 0 Å². The molecule has 7 heteroatoms. The number of nitrogens with one attached hydrogen (secondary N) is 1. The summed E-state index contributed by atoms with van der Waals surface area (Å²) in [4.78, 5) is 0. The van der Waals surface area contributed by atoms with Crippen molar-refractivity contribution < 1.29 is 24.8 Å². The van der Waals surface area contributed by atoms with E-state index in [2.05, 4.69) is 5.32 Å². The zero-order valence-corrected chi connectivity index (χ0v) is 9.81. The fourth-order valence-electron chi connectivity index (χ4n) is 1.29. The van der Waals surface area contributed by atoms with E-state index in [4.69, 9.17) is 21.7 Å². The Balaban J connectivity index is 2.39. The van der Waals surface area contributed by atoms with E-state index in [1.54, 1.807) is 0 Å². The first-order valence-electron chi connectivity index (χ1n) is 5.15.